The van der Waals surface area contributed by atoms with Gasteiger partial charge >= 0.3 is 5.97 Å². The van der Waals surface area contributed by atoms with E-state index in [1.165, 1.54) is 16.7 Å². The molecule has 22 heavy (non-hydrogen) atoms. The summed E-state index contributed by atoms with van der Waals surface area (Å²) in [5.74, 6) is -0.138. The first kappa shape index (κ1) is 14.6. The fourth-order valence-corrected chi connectivity index (χ4v) is 3.07. The maximum absolute atomic E-state index is 12.0. The number of anilines is 1. The monoisotopic (exact) mass is 295 g/mol. The Morgan fingerprint density at radius 1 is 1.18 bits per heavy atom. The molecular formula is C19H21NO2. The van der Waals surface area contributed by atoms with Crippen LogP contribution in [0.15, 0.2) is 48.5 Å². The van der Waals surface area contributed by atoms with Crippen LogP contribution < -0.4 is 4.90 Å². The van der Waals surface area contributed by atoms with Gasteiger partial charge in [-0.2, -0.15) is 0 Å². The molecule has 0 saturated carbocycles. The zero-order valence-corrected chi connectivity index (χ0v) is 13.1. The van der Waals surface area contributed by atoms with E-state index >= 15 is 0 Å². The largest absolute Gasteiger partial charge is 0.466 e. The quantitative estimate of drug-likeness (QED) is 0.798. The second kappa shape index (κ2) is 6.22. The lowest BCUT2D eigenvalue weighted by atomic mass is 10.0. The Labute approximate surface area is 131 Å². The van der Waals surface area contributed by atoms with Crippen LogP contribution in [0.3, 0.4) is 0 Å². The number of rotatable bonds is 4. The van der Waals surface area contributed by atoms with Crippen molar-refractivity contribution in [3.63, 3.8) is 0 Å². The second-order valence-corrected chi connectivity index (χ2v) is 5.69. The van der Waals surface area contributed by atoms with Gasteiger partial charge in [0.15, 0.2) is 0 Å². The predicted molar refractivity (Wildman–Crippen MR) is 87.8 cm³/mol. The number of carbonyl (C=O) groups excluding carboxylic acids is 1. The van der Waals surface area contributed by atoms with Crippen LogP contribution in [0.25, 0.3) is 0 Å². The average Bonchev–Trinajstić information content (AvgIpc) is 2.87. The molecule has 0 fully saturated rings. The molecule has 1 heterocycles. The highest BCUT2D eigenvalue weighted by atomic mass is 16.5. The molecule has 1 aliphatic heterocycles. The first-order valence-electron chi connectivity index (χ1n) is 7.75. The first-order chi connectivity index (χ1) is 10.7. The van der Waals surface area contributed by atoms with E-state index in [-0.39, 0.29) is 12.0 Å². The summed E-state index contributed by atoms with van der Waals surface area (Å²) in [4.78, 5) is 14.3. The number of fused-ring (bicyclic) bond motifs is 1. The smallest absolute Gasteiger partial charge is 0.308 e. The third-order valence-corrected chi connectivity index (χ3v) is 4.16. The topological polar surface area (TPSA) is 29.5 Å². The number of benzene rings is 2. The number of aryl methyl sites for hydroxylation is 1. The first-order valence-corrected chi connectivity index (χ1v) is 7.75. The average molecular weight is 295 g/mol. The number of esters is 1. The standard InChI is InChI=1S/C19H21NO2/c1-3-22-19(21)12-18-17-7-5-4-6-15(17)13-20(18)16-10-8-14(2)9-11-16/h4-11,18H,3,12-13H2,1-2H3. The van der Waals surface area contributed by atoms with E-state index in [9.17, 15) is 4.79 Å². The summed E-state index contributed by atoms with van der Waals surface area (Å²) in [7, 11) is 0. The van der Waals surface area contributed by atoms with Crippen LogP contribution in [0, 0.1) is 6.92 Å². The molecule has 114 valence electrons. The molecule has 1 atom stereocenters. The Morgan fingerprint density at radius 2 is 1.91 bits per heavy atom. The van der Waals surface area contributed by atoms with Crippen LogP contribution in [-0.2, 0) is 16.1 Å². The summed E-state index contributed by atoms with van der Waals surface area (Å²) in [6, 6.07) is 16.9. The van der Waals surface area contributed by atoms with Crippen molar-refractivity contribution in [3.8, 4) is 0 Å². The maximum Gasteiger partial charge on any atom is 0.308 e. The van der Waals surface area contributed by atoms with Gasteiger partial charge in [-0.15, -0.1) is 0 Å². The van der Waals surface area contributed by atoms with Gasteiger partial charge in [-0.25, -0.2) is 0 Å². The second-order valence-electron chi connectivity index (χ2n) is 5.69. The number of hydrogen-bond donors (Lipinski definition) is 0. The van der Waals surface area contributed by atoms with E-state index < -0.39 is 0 Å². The van der Waals surface area contributed by atoms with Gasteiger partial charge in [-0.05, 0) is 37.1 Å². The van der Waals surface area contributed by atoms with Gasteiger partial charge < -0.3 is 9.64 Å². The van der Waals surface area contributed by atoms with Crippen molar-refractivity contribution < 1.29 is 9.53 Å². The summed E-state index contributed by atoms with van der Waals surface area (Å²) in [5, 5.41) is 0. The molecule has 3 nitrogen and oxygen atoms in total. The Morgan fingerprint density at radius 3 is 2.64 bits per heavy atom. The van der Waals surface area contributed by atoms with Crippen molar-refractivity contribution in [3.05, 3.63) is 65.2 Å². The Kier molecular flexibility index (Phi) is 4.14. The molecule has 3 heteroatoms. The van der Waals surface area contributed by atoms with E-state index in [1.807, 2.05) is 13.0 Å². The molecule has 0 N–H and O–H groups in total. The molecule has 2 aromatic rings. The van der Waals surface area contributed by atoms with Gasteiger partial charge in [0, 0.05) is 12.2 Å². The molecule has 1 unspecified atom stereocenters. The number of hydrogen-bond acceptors (Lipinski definition) is 3. The molecule has 0 bridgehead atoms. The molecule has 3 rings (SSSR count). The Balaban J connectivity index is 1.91. The number of carbonyl (C=O) groups is 1. The van der Waals surface area contributed by atoms with Crippen LogP contribution in [0.4, 0.5) is 5.69 Å². The summed E-state index contributed by atoms with van der Waals surface area (Å²) in [5.41, 5.74) is 4.91. The third kappa shape index (κ3) is 2.84. The van der Waals surface area contributed by atoms with Gasteiger partial charge in [0.1, 0.15) is 0 Å². The minimum Gasteiger partial charge on any atom is -0.466 e. The fourth-order valence-electron chi connectivity index (χ4n) is 3.07. The van der Waals surface area contributed by atoms with Gasteiger partial charge in [0.05, 0.1) is 19.1 Å². The highest BCUT2D eigenvalue weighted by Crippen LogP contribution is 2.39. The van der Waals surface area contributed by atoms with Gasteiger partial charge in [-0.1, -0.05) is 42.0 Å². The summed E-state index contributed by atoms with van der Waals surface area (Å²) in [6.07, 6.45) is 0.388. The van der Waals surface area contributed by atoms with Gasteiger partial charge in [0.25, 0.3) is 0 Å². The lowest BCUT2D eigenvalue weighted by Gasteiger charge is -2.27. The van der Waals surface area contributed by atoms with E-state index in [0.29, 0.717) is 13.0 Å². The number of ether oxygens (including phenoxy) is 1. The fraction of sp³-hybridized carbons (Fsp3) is 0.316. The molecule has 2 aromatic carbocycles. The lowest BCUT2D eigenvalue weighted by Crippen LogP contribution is -2.24. The summed E-state index contributed by atoms with van der Waals surface area (Å²) in [6.45, 7) is 5.19. The van der Waals surface area contributed by atoms with E-state index in [0.717, 1.165) is 12.2 Å². The molecule has 0 spiro atoms. The highest BCUT2D eigenvalue weighted by Gasteiger charge is 2.32. The van der Waals surface area contributed by atoms with Crippen LogP contribution >= 0.6 is 0 Å². The van der Waals surface area contributed by atoms with Crippen molar-refractivity contribution in [2.24, 2.45) is 0 Å². The minimum absolute atomic E-state index is 0.0537. The van der Waals surface area contributed by atoms with Crippen LogP contribution in [0.1, 0.15) is 36.1 Å². The minimum atomic E-state index is -0.138. The Hall–Kier alpha value is -2.29. The molecule has 0 aromatic heterocycles. The zero-order valence-electron chi connectivity index (χ0n) is 13.1. The van der Waals surface area contributed by atoms with Gasteiger partial charge in [0.2, 0.25) is 0 Å². The van der Waals surface area contributed by atoms with Crippen LogP contribution in [-0.4, -0.2) is 12.6 Å². The molecular weight excluding hydrogens is 274 g/mol. The molecule has 1 aliphatic rings. The van der Waals surface area contributed by atoms with Crippen molar-refractivity contribution in [1.82, 2.24) is 0 Å². The summed E-state index contributed by atoms with van der Waals surface area (Å²) < 4.78 is 5.16. The maximum atomic E-state index is 12.0. The zero-order chi connectivity index (χ0) is 15.5. The molecule has 0 saturated heterocycles. The third-order valence-electron chi connectivity index (χ3n) is 4.16. The summed E-state index contributed by atoms with van der Waals surface area (Å²) >= 11 is 0. The van der Waals surface area contributed by atoms with Crippen molar-refractivity contribution in [2.45, 2.75) is 32.9 Å². The van der Waals surface area contributed by atoms with Crippen LogP contribution in [0.5, 0.6) is 0 Å². The van der Waals surface area contributed by atoms with Crippen molar-refractivity contribution in [2.75, 3.05) is 11.5 Å². The molecule has 0 amide bonds. The van der Waals surface area contributed by atoms with E-state index in [1.54, 1.807) is 0 Å². The van der Waals surface area contributed by atoms with E-state index in [4.69, 9.17) is 4.74 Å². The molecule has 0 radical (unpaired) electrons. The predicted octanol–water partition coefficient (Wildman–Crippen LogP) is 4.01. The van der Waals surface area contributed by atoms with E-state index in [2.05, 4.69) is 54.3 Å². The molecule has 0 aliphatic carbocycles. The Bertz CT molecular complexity index is 663. The van der Waals surface area contributed by atoms with Crippen LogP contribution in [0.2, 0.25) is 0 Å². The highest BCUT2D eigenvalue weighted by molar-refractivity contribution is 5.72. The lowest BCUT2D eigenvalue weighted by molar-refractivity contribution is -0.143. The van der Waals surface area contributed by atoms with Crippen molar-refractivity contribution in [1.29, 1.82) is 0 Å². The number of nitrogens with zero attached hydrogens (tertiary/aromatic N) is 1. The van der Waals surface area contributed by atoms with Gasteiger partial charge in [-0.3, -0.25) is 4.79 Å². The van der Waals surface area contributed by atoms with Crippen molar-refractivity contribution >= 4 is 11.7 Å². The SMILES string of the molecule is CCOC(=O)CC1c2ccccc2CN1c1ccc(C)cc1. The normalized spacial score (nSPS) is 16.5.